The molecular weight excluding hydrogens is 276 g/mol. The third kappa shape index (κ3) is 3.28. The van der Waals surface area contributed by atoms with Gasteiger partial charge in [0, 0.05) is 18.4 Å². The zero-order valence-corrected chi connectivity index (χ0v) is 12.3. The molecule has 0 aliphatic heterocycles. The van der Waals surface area contributed by atoms with Crippen LogP contribution < -0.4 is 0 Å². The molecule has 0 N–H and O–H groups in total. The average molecular weight is 294 g/mol. The van der Waals surface area contributed by atoms with Gasteiger partial charge in [0.15, 0.2) is 15.6 Å². The molecule has 20 heavy (non-hydrogen) atoms. The van der Waals surface area contributed by atoms with E-state index >= 15 is 0 Å². The van der Waals surface area contributed by atoms with Gasteiger partial charge >= 0.3 is 0 Å². The van der Waals surface area contributed by atoms with Crippen molar-refractivity contribution in [2.45, 2.75) is 31.1 Å². The van der Waals surface area contributed by atoms with Crippen molar-refractivity contribution in [1.82, 2.24) is 0 Å². The highest BCUT2D eigenvalue weighted by atomic mass is 32.2. The van der Waals surface area contributed by atoms with E-state index in [0.29, 0.717) is 30.8 Å². The van der Waals surface area contributed by atoms with Crippen LogP contribution in [0.1, 0.15) is 26.2 Å². The first-order valence-corrected chi connectivity index (χ1v) is 8.35. The molecule has 0 radical (unpaired) electrons. The fourth-order valence-electron chi connectivity index (χ4n) is 2.26. The maximum Gasteiger partial charge on any atom is 0.182 e. The van der Waals surface area contributed by atoms with Gasteiger partial charge in [-0.25, -0.2) is 8.42 Å². The van der Waals surface area contributed by atoms with E-state index in [1.807, 2.05) is 6.92 Å². The number of ketones is 1. The standard InChI is InChI=1S/C15H18O4S/c1-2-19-15-10-6-9-14(16)13(15)11-20(17,18)12-7-4-3-5-8-12/h3-5,7-8H,2,6,9-11H2,1H3. The lowest BCUT2D eigenvalue weighted by atomic mass is 9.97. The van der Waals surface area contributed by atoms with E-state index in [1.165, 1.54) is 0 Å². The third-order valence-corrected chi connectivity index (χ3v) is 4.90. The Kier molecular flexibility index (Phi) is 4.60. The van der Waals surface area contributed by atoms with Crippen LogP contribution in [0.3, 0.4) is 0 Å². The van der Waals surface area contributed by atoms with Gasteiger partial charge in [0.05, 0.1) is 17.3 Å². The van der Waals surface area contributed by atoms with E-state index in [9.17, 15) is 13.2 Å². The molecule has 0 atom stereocenters. The molecule has 1 aromatic rings. The topological polar surface area (TPSA) is 60.4 Å². The van der Waals surface area contributed by atoms with Gasteiger partial charge < -0.3 is 4.74 Å². The van der Waals surface area contributed by atoms with Crippen molar-refractivity contribution in [3.63, 3.8) is 0 Å². The van der Waals surface area contributed by atoms with E-state index in [2.05, 4.69) is 0 Å². The van der Waals surface area contributed by atoms with Gasteiger partial charge in [-0.05, 0) is 25.5 Å². The smallest absolute Gasteiger partial charge is 0.182 e. The number of carbonyl (C=O) groups excluding carboxylic acids is 1. The number of Topliss-reactive ketones (excluding diaryl/α,β-unsaturated/α-hetero) is 1. The van der Waals surface area contributed by atoms with Crippen molar-refractivity contribution in [1.29, 1.82) is 0 Å². The molecule has 0 spiro atoms. The molecule has 0 amide bonds. The van der Waals surface area contributed by atoms with E-state index in [0.717, 1.165) is 6.42 Å². The number of hydrogen-bond donors (Lipinski definition) is 0. The van der Waals surface area contributed by atoms with E-state index < -0.39 is 9.84 Å². The van der Waals surface area contributed by atoms with Gasteiger partial charge in [-0.1, -0.05) is 18.2 Å². The van der Waals surface area contributed by atoms with E-state index in [-0.39, 0.29) is 16.4 Å². The first-order chi connectivity index (χ1) is 9.54. The number of allylic oxidation sites excluding steroid dienone is 1. The Morgan fingerprint density at radius 3 is 2.50 bits per heavy atom. The molecule has 0 fully saturated rings. The number of hydrogen-bond acceptors (Lipinski definition) is 4. The van der Waals surface area contributed by atoms with Gasteiger partial charge in [-0.3, -0.25) is 4.79 Å². The van der Waals surface area contributed by atoms with Gasteiger partial charge in [0.25, 0.3) is 0 Å². The molecule has 0 unspecified atom stereocenters. The van der Waals surface area contributed by atoms with Crippen LogP contribution in [-0.2, 0) is 19.4 Å². The van der Waals surface area contributed by atoms with Crippen LogP contribution in [0.25, 0.3) is 0 Å². The minimum absolute atomic E-state index is 0.112. The molecule has 0 bridgehead atoms. The molecule has 0 aromatic heterocycles. The molecule has 5 heteroatoms. The zero-order chi connectivity index (χ0) is 14.6. The van der Waals surface area contributed by atoms with Gasteiger partial charge in [0.1, 0.15) is 5.76 Å². The number of rotatable bonds is 5. The lowest BCUT2D eigenvalue weighted by molar-refractivity contribution is -0.116. The fourth-order valence-corrected chi connectivity index (χ4v) is 3.70. The molecular formula is C15H18O4S. The molecule has 1 aliphatic carbocycles. The summed E-state index contributed by atoms with van der Waals surface area (Å²) in [4.78, 5) is 12.2. The van der Waals surface area contributed by atoms with Crippen LogP contribution in [0.4, 0.5) is 0 Å². The first-order valence-electron chi connectivity index (χ1n) is 6.70. The van der Waals surface area contributed by atoms with Gasteiger partial charge in [-0.15, -0.1) is 0 Å². The quantitative estimate of drug-likeness (QED) is 0.837. The fraction of sp³-hybridized carbons (Fsp3) is 0.400. The van der Waals surface area contributed by atoms with Crippen molar-refractivity contribution < 1.29 is 17.9 Å². The maximum absolute atomic E-state index is 12.4. The number of carbonyl (C=O) groups is 1. The second-order valence-corrected chi connectivity index (χ2v) is 6.67. The summed E-state index contributed by atoms with van der Waals surface area (Å²) in [7, 11) is -3.50. The summed E-state index contributed by atoms with van der Waals surface area (Å²) >= 11 is 0. The number of sulfone groups is 1. The largest absolute Gasteiger partial charge is 0.498 e. The Bertz CT molecular complexity index is 615. The van der Waals surface area contributed by atoms with E-state index in [4.69, 9.17) is 4.74 Å². The molecule has 4 nitrogen and oxygen atoms in total. The predicted molar refractivity (Wildman–Crippen MR) is 76.0 cm³/mol. The summed E-state index contributed by atoms with van der Waals surface area (Å²) in [6.45, 7) is 2.27. The molecule has 1 aliphatic rings. The lowest BCUT2D eigenvalue weighted by Crippen LogP contribution is -2.21. The Labute approximate surface area is 119 Å². The summed E-state index contributed by atoms with van der Waals surface area (Å²) in [6.07, 6.45) is 1.76. The second-order valence-electron chi connectivity index (χ2n) is 4.68. The zero-order valence-electron chi connectivity index (χ0n) is 11.5. The number of ether oxygens (including phenoxy) is 1. The Morgan fingerprint density at radius 1 is 1.15 bits per heavy atom. The second kappa shape index (κ2) is 6.22. The summed E-state index contributed by atoms with van der Waals surface area (Å²) in [5, 5.41) is 0. The van der Waals surface area contributed by atoms with Gasteiger partial charge in [-0.2, -0.15) is 0 Å². The van der Waals surface area contributed by atoms with Crippen LogP contribution in [-0.4, -0.2) is 26.6 Å². The minimum atomic E-state index is -3.50. The predicted octanol–water partition coefficient (Wildman–Crippen LogP) is 2.50. The summed E-state index contributed by atoms with van der Waals surface area (Å²) < 4.78 is 30.1. The van der Waals surface area contributed by atoms with Crippen LogP contribution in [0.5, 0.6) is 0 Å². The highest BCUT2D eigenvalue weighted by molar-refractivity contribution is 7.91. The minimum Gasteiger partial charge on any atom is -0.498 e. The SMILES string of the molecule is CCOC1=C(CS(=O)(=O)c2ccccc2)C(=O)CCC1. The first kappa shape index (κ1) is 14.8. The molecule has 0 saturated carbocycles. The molecule has 0 saturated heterocycles. The van der Waals surface area contributed by atoms with Crippen LogP contribution in [0.15, 0.2) is 46.6 Å². The van der Waals surface area contributed by atoms with E-state index in [1.54, 1.807) is 30.3 Å². The Balaban J connectivity index is 2.33. The molecule has 1 aromatic carbocycles. The van der Waals surface area contributed by atoms with Crippen molar-refractivity contribution in [3.8, 4) is 0 Å². The normalized spacial score (nSPS) is 16.4. The van der Waals surface area contributed by atoms with Crippen molar-refractivity contribution in [2.24, 2.45) is 0 Å². The summed E-state index contributed by atoms with van der Waals surface area (Å²) in [5.74, 6) is 0.160. The van der Waals surface area contributed by atoms with Crippen molar-refractivity contribution in [2.75, 3.05) is 12.4 Å². The van der Waals surface area contributed by atoms with Crippen LogP contribution in [0.2, 0.25) is 0 Å². The Hall–Kier alpha value is -1.62. The maximum atomic E-state index is 12.4. The average Bonchev–Trinajstić information content (AvgIpc) is 2.44. The highest BCUT2D eigenvalue weighted by Crippen LogP contribution is 2.26. The van der Waals surface area contributed by atoms with Gasteiger partial charge in [0.2, 0.25) is 0 Å². The highest BCUT2D eigenvalue weighted by Gasteiger charge is 2.27. The van der Waals surface area contributed by atoms with Crippen LogP contribution in [0, 0.1) is 0 Å². The summed E-state index contributed by atoms with van der Waals surface area (Å²) in [6, 6.07) is 8.20. The molecule has 0 heterocycles. The van der Waals surface area contributed by atoms with Crippen molar-refractivity contribution >= 4 is 15.6 Å². The Morgan fingerprint density at radius 2 is 1.85 bits per heavy atom. The lowest BCUT2D eigenvalue weighted by Gasteiger charge is -2.19. The molecule has 108 valence electrons. The molecule has 2 rings (SSSR count). The monoisotopic (exact) mass is 294 g/mol. The third-order valence-electron chi connectivity index (χ3n) is 3.24. The van der Waals surface area contributed by atoms with Crippen molar-refractivity contribution in [3.05, 3.63) is 41.7 Å². The van der Waals surface area contributed by atoms with Crippen LogP contribution >= 0.6 is 0 Å². The summed E-state index contributed by atoms with van der Waals surface area (Å²) in [5.41, 5.74) is 0.321. The number of benzene rings is 1.